The molecule has 1 unspecified atom stereocenters. The largest absolute Gasteiger partial charge is 0.364 e. The van der Waals surface area contributed by atoms with E-state index in [0.29, 0.717) is 25.8 Å². The first-order valence-electron chi connectivity index (χ1n) is 8.49. The fourth-order valence-electron chi connectivity index (χ4n) is 2.18. The first kappa shape index (κ1) is 22.9. The minimum Gasteiger partial charge on any atom is -0.364 e. The summed E-state index contributed by atoms with van der Waals surface area (Å²) in [5.74, 6) is 2.15. The van der Waals surface area contributed by atoms with Gasteiger partial charge < -0.3 is 9.69 Å². The van der Waals surface area contributed by atoms with Crippen LogP contribution in [0.3, 0.4) is 0 Å². The van der Waals surface area contributed by atoms with E-state index in [2.05, 4.69) is 5.92 Å². The lowest BCUT2D eigenvalue weighted by Gasteiger charge is -2.32. The van der Waals surface area contributed by atoms with Crippen molar-refractivity contribution in [3.8, 4) is 12.3 Å². The van der Waals surface area contributed by atoms with E-state index in [4.69, 9.17) is 11.3 Å². The number of carbonyl (C=O) groups is 3. The lowest BCUT2D eigenvalue weighted by atomic mass is 9.95. The van der Waals surface area contributed by atoms with Crippen molar-refractivity contribution in [1.82, 2.24) is 9.96 Å². The van der Waals surface area contributed by atoms with Gasteiger partial charge in [-0.05, 0) is 27.2 Å². The second-order valence-electron chi connectivity index (χ2n) is 6.00. The maximum absolute atomic E-state index is 12.7. The number of ketones is 1. The fraction of sp³-hybridized carbons (Fsp3) is 0.632. The number of terminal acetylenes is 1. The molecule has 0 aliphatic carbocycles. The van der Waals surface area contributed by atoms with Gasteiger partial charge in [-0.2, -0.15) is 0 Å². The summed E-state index contributed by atoms with van der Waals surface area (Å²) in [6.45, 7) is 8.28. The van der Waals surface area contributed by atoms with Gasteiger partial charge >= 0.3 is 0 Å². The third-order valence-electron chi connectivity index (χ3n) is 4.24. The van der Waals surface area contributed by atoms with Gasteiger partial charge in [0.1, 0.15) is 6.29 Å². The molecule has 6 nitrogen and oxygen atoms in total. The van der Waals surface area contributed by atoms with Crippen molar-refractivity contribution in [2.75, 3.05) is 20.1 Å². The number of carbonyl (C=O) groups excluding carboxylic acids is 3. The molecule has 0 aromatic rings. The smallest absolute Gasteiger partial charge is 0.246 e. The van der Waals surface area contributed by atoms with Crippen LogP contribution in [-0.4, -0.2) is 53.7 Å². The molecule has 0 aromatic heterocycles. The van der Waals surface area contributed by atoms with Crippen molar-refractivity contribution in [2.24, 2.45) is 0 Å². The number of nitrogens with zero attached hydrogens (tertiary/aromatic N) is 2. The van der Waals surface area contributed by atoms with Crippen LogP contribution in [0.4, 0.5) is 0 Å². The second kappa shape index (κ2) is 11.4. The molecule has 1 amide bonds. The van der Waals surface area contributed by atoms with Crippen LogP contribution in [0.5, 0.6) is 0 Å². The maximum atomic E-state index is 12.7. The normalized spacial score (nSPS) is 13.5. The van der Waals surface area contributed by atoms with Crippen molar-refractivity contribution >= 4 is 18.0 Å². The van der Waals surface area contributed by atoms with Crippen LogP contribution in [0, 0.1) is 12.3 Å². The number of Topliss-reactive ketones (excluding diaryl/α,β-unsaturated/α-hetero) is 1. The fourth-order valence-corrected chi connectivity index (χ4v) is 2.18. The zero-order chi connectivity index (χ0) is 19.5. The van der Waals surface area contributed by atoms with E-state index in [1.165, 1.54) is 7.05 Å². The van der Waals surface area contributed by atoms with Crippen LogP contribution in [0.1, 0.15) is 53.4 Å². The molecular formula is C19H30N2O4. The highest BCUT2D eigenvalue weighted by Crippen LogP contribution is 2.21. The van der Waals surface area contributed by atoms with Crippen molar-refractivity contribution in [2.45, 2.75) is 59.0 Å². The lowest BCUT2D eigenvalue weighted by molar-refractivity contribution is -0.224. The molecule has 0 fully saturated rings. The molecular weight excluding hydrogens is 320 g/mol. The van der Waals surface area contributed by atoms with Crippen molar-refractivity contribution in [3.63, 3.8) is 0 Å². The van der Waals surface area contributed by atoms with E-state index >= 15 is 0 Å². The Labute approximate surface area is 151 Å². The Morgan fingerprint density at radius 3 is 2.44 bits per heavy atom. The standard InChI is InChI=1S/C19H30N2O4/c1-7-13-21(16(4)8-2)14-12-17(23)19(5,9-3)25-20(6)18(24)11-10-15-22/h1,8,15H,9-14H2,2-6H3. The summed E-state index contributed by atoms with van der Waals surface area (Å²) in [6, 6.07) is 0. The van der Waals surface area contributed by atoms with Gasteiger partial charge in [-0.3, -0.25) is 14.4 Å². The molecule has 1 atom stereocenters. The molecule has 0 rings (SSSR count). The summed E-state index contributed by atoms with van der Waals surface area (Å²) in [5, 5.41) is 1.06. The summed E-state index contributed by atoms with van der Waals surface area (Å²) < 4.78 is 0. The number of hydrogen-bond donors (Lipinski definition) is 0. The Morgan fingerprint density at radius 2 is 1.96 bits per heavy atom. The molecule has 25 heavy (non-hydrogen) atoms. The molecule has 0 spiro atoms. The van der Waals surface area contributed by atoms with Gasteiger partial charge in [0.25, 0.3) is 0 Å². The number of rotatable bonds is 12. The molecule has 0 aromatic carbocycles. The molecule has 0 saturated carbocycles. The Bertz CT molecular complexity index is 536. The quantitative estimate of drug-likeness (QED) is 0.307. The van der Waals surface area contributed by atoms with Gasteiger partial charge in [0, 0.05) is 38.6 Å². The van der Waals surface area contributed by atoms with Crippen LogP contribution in [-0.2, 0) is 19.2 Å². The van der Waals surface area contributed by atoms with Crippen molar-refractivity contribution in [3.05, 3.63) is 11.8 Å². The molecule has 140 valence electrons. The Hall–Kier alpha value is -2.13. The van der Waals surface area contributed by atoms with E-state index < -0.39 is 5.60 Å². The lowest BCUT2D eigenvalue weighted by Crippen LogP contribution is -2.45. The van der Waals surface area contributed by atoms with Gasteiger partial charge in [-0.15, -0.1) is 6.42 Å². The predicted octanol–water partition coefficient (Wildman–Crippen LogP) is 2.34. The Morgan fingerprint density at radius 1 is 1.32 bits per heavy atom. The van der Waals surface area contributed by atoms with E-state index in [0.717, 1.165) is 10.8 Å². The van der Waals surface area contributed by atoms with Crippen LogP contribution < -0.4 is 0 Å². The molecule has 0 aliphatic rings. The van der Waals surface area contributed by atoms with Gasteiger partial charge in [-0.25, -0.2) is 5.06 Å². The van der Waals surface area contributed by atoms with Gasteiger partial charge in [-0.1, -0.05) is 18.9 Å². The zero-order valence-corrected chi connectivity index (χ0v) is 16.0. The minimum absolute atomic E-state index is 0.0599. The minimum atomic E-state index is -1.10. The van der Waals surface area contributed by atoms with Gasteiger partial charge in [0.2, 0.25) is 5.91 Å². The summed E-state index contributed by atoms with van der Waals surface area (Å²) >= 11 is 0. The summed E-state index contributed by atoms with van der Waals surface area (Å²) in [4.78, 5) is 42.5. The Kier molecular flexibility index (Phi) is 10.5. The van der Waals surface area contributed by atoms with Gasteiger partial charge in [0.05, 0.1) is 6.54 Å². The third-order valence-corrected chi connectivity index (χ3v) is 4.24. The Balaban J connectivity index is 4.89. The summed E-state index contributed by atoms with van der Waals surface area (Å²) in [5.41, 5.74) is -0.0944. The third kappa shape index (κ3) is 7.53. The monoisotopic (exact) mass is 350 g/mol. The zero-order valence-electron chi connectivity index (χ0n) is 16.0. The van der Waals surface area contributed by atoms with E-state index in [1.54, 1.807) is 6.92 Å². The molecule has 0 saturated heterocycles. The molecule has 0 bridgehead atoms. The first-order valence-corrected chi connectivity index (χ1v) is 8.49. The topological polar surface area (TPSA) is 66.9 Å². The number of aldehydes is 1. The van der Waals surface area contributed by atoms with Crippen molar-refractivity contribution in [1.29, 1.82) is 0 Å². The van der Waals surface area contributed by atoms with E-state index in [9.17, 15) is 14.4 Å². The average molecular weight is 350 g/mol. The summed E-state index contributed by atoms with van der Waals surface area (Å²) in [6.07, 6.45) is 8.88. The average Bonchev–Trinajstić information content (AvgIpc) is 2.61. The number of hydrogen-bond acceptors (Lipinski definition) is 5. The van der Waals surface area contributed by atoms with Crippen LogP contribution in [0.2, 0.25) is 0 Å². The number of hydroxylamine groups is 2. The maximum Gasteiger partial charge on any atom is 0.246 e. The highest BCUT2D eigenvalue weighted by Gasteiger charge is 2.35. The van der Waals surface area contributed by atoms with Gasteiger partial charge in [0.15, 0.2) is 11.4 Å². The predicted molar refractivity (Wildman–Crippen MR) is 97.3 cm³/mol. The summed E-state index contributed by atoms with van der Waals surface area (Å²) in [7, 11) is 1.46. The SMILES string of the molecule is C#CCN(CCC(=O)C(C)(CC)ON(C)C(=O)CCC=O)C(C)=CC. The second-order valence-corrected chi connectivity index (χ2v) is 6.00. The number of allylic oxidation sites excluding steroid dienone is 2. The number of amides is 1. The first-order chi connectivity index (χ1) is 11.7. The highest BCUT2D eigenvalue weighted by molar-refractivity contribution is 5.87. The van der Waals surface area contributed by atoms with Crippen LogP contribution in [0.25, 0.3) is 0 Å². The van der Waals surface area contributed by atoms with Crippen molar-refractivity contribution < 1.29 is 19.2 Å². The molecule has 0 aliphatic heterocycles. The van der Waals surface area contributed by atoms with Crippen LogP contribution >= 0.6 is 0 Å². The van der Waals surface area contributed by atoms with Crippen LogP contribution in [0.15, 0.2) is 11.8 Å². The molecule has 0 heterocycles. The van der Waals surface area contributed by atoms with E-state index in [-0.39, 0.29) is 31.0 Å². The van der Waals surface area contributed by atoms with E-state index in [1.807, 2.05) is 31.7 Å². The molecule has 0 N–H and O–H groups in total. The molecule has 6 heteroatoms. The molecule has 0 radical (unpaired) electrons. The highest BCUT2D eigenvalue weighted by atomic mass is 16.7.